The summed E-state index contributed by atoms with van der Waals surface area (Å²) in [6.45, 7) is 2.07. The summed E-state index contributed by atoms with van der Waals surface area (Å²) in [6.07, 6.45) is -0.911. The van der Waals surface area contributed by atoms with Gasteiger partial charge in [-0.05, 0) is 36.4 Å². The minimum Gasteiger partial charge on any atom is -0.465 e. The molecule has 2 amide bonds. The summed E-state index contributed by atoms with van der Waals surface area (Å²) in [5.74, 6) is -1.36. The molecule has 1 aromatic heterocycles. The fourth-order valence-electron chi connectivity index (χ4n) is 3.14. The van der Waals surface area contributed by atoms with Crippen LogP contribution < -0.4 is 15.5 Å². The lowest BCUT2D eigenvalue weighted by molar-refractivity contribution is 0.0991. The van der Waals surface area contributed by atoms with E-state index >= 15 is 0 Å². The summed E-state index contributed by atoms with van der Waals surface area (Å²) in [5.41, 5.74) is 1.61. The molecule has 1 saturated heterocycles. The normalized spacial score (nSPS) is 13.7. The van der Waals surface area contributed by atoms with Gasteiger partial charge < -0.3 is 30.0 Å². The van der Waals surface area contributed by atoms with Gasteiger partial charge >= 0.3 is 23.9 Å². The fourth-order valence-corrected chi connectivity index (χ4v) is 3.14. The van der Waals surface area contributed by atoms with Crippen LogP contribution in [0.3, 0.4) is 0 Å². The highest BCUT2D eigenvalue weighted by molar-refractivity contribution is 6.01. The summed E-state index contributed by atoms with van der Waals surface area (Å²) in [5, 5.41) is 21.7. The number of anilines is 4. The third kappa shape index (κ3) is 4.71. The molecule has 3 N–H and O–H groups in total. The number of rotatable bonds is 5. The first-order valence-corrected chi connectivity index (χ1v) is 9.49. The number of hydrogen-bond donors (Lipinski definition) is 3. The van der Waals surface area contributed by atoms with Crippen LogP contribution in [-0.4, -0.2) is 58.4 Å². The van der Waals surface area contributed by atoms with Crippen LogP contribution in [-0.2, 0) is 0 Å². The van der Waals surface area contributed by atoms with E-state index in [0.717, 1.165) is 5.69 Å². The number of carboxylic acid groups (broad SMARTS) is 1. The largest absolute Gasteiger partial charge is 0.465 e. The zero-order valence-corrected chi connectivity index (χ0v) is 16.3. The Morgan fingerprint density at radius 2 is 1.71 bits per heavy atom. The first-order valence-electron chi connectivity index (χ1n) is 9.49. The Morgan fingerprint density at radius 1 is 1.00 bits per heavy atom. The molecule has 3 aromatic rings. The van der Waals surface area contributed by atoms with Crippen molar-refractivity contribution in [3.63, 3.8) is 0 Å². The van der Waals surface area contributed by atoms with Gasteiger partial charge in [-0.3, -0.25) is 4.79 Å². The summed E-state index contributed by atoms with van der Waals surface area (Å²) in [6, 6.07) is 13.0. The van der Waals surface area contributed by atoms with Crippen molar-refractivity contribution in [2.24, 2.45) is 0 Å². The van der Waals surface area contributed by atoms with Gasteiger partial charge in [0.25, 0.3) is 0 Å². The Morgan fingerprint density at radius 3 is 2.39 bits per heavy atom. The number of carbonyl (C=O) groups is 2. The molecule has 4 rings (SSSR count). The van der Waals surface area contributed by atoms with Crippen LogP contribution in [0.15, 0.2) is 52.9 Å². The maximum absolute atomic E-state index is 13.7. The molecule has 2 aromatic carbocycles. The first-order chi connectivity index (χ1) is 15.0. The topological polar surface area (TPSA) is 124 Å². The fraction of sp³-hybridized carbons (Fsp3) is 0.200. The summed E-state index contributed by atoms with van der Waals surface area (Å²) in [4.78, 5) is 26.8. The molecule has 1 fully saturated rings. The lowest BCUT2D eigenvalue weighted by atomic mass is 10.2. The molecule has 0 aliphatic carbocycles. The molecule has 0 atom stereocenters. The number of aromatic nitrogens is 2. The van der Waals surface area contributed by atoms with Crippen LogP contribution in [0.5, 0.6) is 0 Å². The quantitative estimate of drug-likeness (QED) is 0.569. The van der Waals surface area contributed by atoms with Gasteiger partial charge in [-0.15, -0.1) is 5.10 Å². The minimum absolute atomic E-state index is 0.105. The molecule has 10 nitrogen and oxygen atoms in total. The van der Waals surface area contributed by atoms with Crippen LogP contribution in [0.4, 0.5) is 32.3 Å². The summed E-state index contributed by atoms with van der Waals surface area (Å²) >= 11 is 0. The van der Waals surface area contributed by atoms with E-state index in [2.05, 4.69) is 25.7 Å². The molecule has 0 spiro atoms. The van der Waals surface area contributed by atoms with Gasteiger partial charge in [0.15, 0.2) is 0 Å². The Bertz CT molecular complexity index is 1080. The molecule has 0 unspecified atom stereocenters. The van der Waals surface area contributed by atoms with Crippen molar-refractivity contribution in [2.45, 2.75) is 0 Å². The second kappa shape index (κ2) is 8.69. The Kier molecular flexibility index (Phi) is 5.65. The van der Waals surface area contributed by atoms with E-state index < -0.39 is 17.8 Å². The molecule has 2 heterocycles. The van der Waals surface area contributed by atoms with E-state index in [9.17, 15) is 14.0 Å². The highest BCUT2D eigenvalue weighted by atomic mass is 19.1. The van der Waals surface area contributed by atoms with E-state index in [0.29, 0.717) is 31.9 Å². The smallest absolute Gasteiger partial charge is 0.407 e. The van der Waals surface area contributed by atoms with Crippen molar-refractivity contribution < 1.29 is 23.5 Å². The van der Waals surface area contributed by atoms with Crippen molar-refractivity contribution in [3.8, 4) is 0 Å². The SMILES string of the molecule is O=C(Nc1ccc(N2CCN(C(=O)O)CC2)cc1)c1nnc(Nc2ccccc2F)o1. The van der Waals surface area contributed by atoms with Gasteiger partial charge in [-0.25, -0.2) is 9.18 Å². The third-order valence-corrected chi connectivity index (χ3v) is 4.78. The Balaban J connectivity index is 1.34. The Labute approximate surface area is 176 Å². The van der Waals surface area contributed by atoms with Crippen molar-refractivity contribution in [3.05, 3.63) is 60.2 Å². The molecule has 1 aliphatic rings. The Hall–Kier alpha value is -4.15. The minimum atomic E-state index is -0.911. The van der Waals surface area contributed by atoms with Gasteiger partial charge in [-0.2, -0.15) is 0 Å². The number of carbonyl (C=O) groups excluding carboxylic acids is 1. The molecule has 0 radical (unpaired) electrons. The van der Waals surface area contributed by atoms with E-state index in [4.69, 9.17) is 9.52 Å². The van der Waals surface area contributed by atoms with E-state index in [1.807, 2.05) is 12.1 Å². The number of amides is 2. The monoisotopic (exact) mass is 426 g/mol. The average molecular weight is 426 g/mol. The van der Waals surface area contributed by atoms with Gasteiger partial charge in [0.2, 0.25) is 0 Å². The maximum Gasteiger partial charge on any atom is 0.407 e. The van der Waals surface area contributed by atoms with Crippen molar-refractivity contribution in [1.82, 2.24) is 15.1 Å². The summed E-state index contributed by atoms with van der Waals surface area (Å²) in [7, 11) is 0. The van der Waals surface area contributed by atoms with Gasteiger partial charge in [0, 0.05) is 37.6 Å². The predicted molar refractivity (Wildman–Crippen MR) is 110 cm³/mol. The zero-order valence-electron chi connectivity index (χ0n) is 16.3. The lowest BCUT2D eigenvalue weighted by Crippen LogP contribution is -2.48. The van der Waals surface area contributed by atoms with Gasteiger partial charge in [0.05, 0.1) is 5.69 Å². The highest BCUT2D eigenvalue weighted by Gasteiger charge is 2.21. The number of nitrogens with zero attached hydrogens (tertiary/aromatic N) is 4. The predicted octanol–water partition coefficient (Wildman–Crippen LogP) is 3.00. The number of piperazine rings is 1. The molecule has 160 valence electrons. The first kappa shape index (κ1) is 20.1. The van der Waals surface area contributed by atoms with Crippen LogP contribution >= 0.6 is 0 Å². The van der Waals surface area contributed by atoms with Crippen molar-refractivity contribution in [2.75, 3.05) is 41.7 Å². The van der Waals surface area contributed by atoms with Crippen molar-refractivity contribution >= 4 is 35.1 Å². The average Bonchev–Trinajstić information content (AvgIpc) is 3.25. The lowest BCUT2D eigenvalue weighted by Gasteiger charge is -2.34. The van der Waals surface area contributed by atoms with E-state index in [-0.39, 0.29) is 17.6 Å². The van der Waals surface area contributed by atoms with Crippen LogP contribution in [0, 0.1) is 5.82 Å². The molecule has 0 bridgehead atoms. The van der Waals surface area contributed by atoms with Crippen LogP contribution in [0.25, 0.3) is 0 Å². The van der Waals surface area contributed by atoms with Gasteiger partial charge in [-0.1, -0.05) is 17.2 Å². The molecule has 31 heavy (non-hydrogen) atoms. The van der Waals surface area contributed by atoms with Crippen LogP contribution in [0.2, 0.25) is 0 Å². The van der Waals surface area contributed by atoms with E-state index in [1.165, 1.54) is 17.0 Å². The molecular weight excluding hydrogens is 407 g/mol. The van der Waals surface area contributed by atoms with E-state index in [1.54, 1.807) is 24.3 Å². The molecule has 1 aliphatic heterocycles. The molecule has 11 heteroatoms. The van der Waals surface area contributed by atoms with Gasteiger partial charge in [0.1, 0.15) is 5.82 Å². The number of hydrogen-bond acceptors (Lipinski definition) is 7. The highest BCUT2D eigenvalue weighted by Crippen LogP contribution is 2.21. The molecule has 0 saturated carbocycles. The van der Waals surface area contributed by atoms with Crippen molar-refractivity contribution in [1.29, 1.82) is 0 Å². The second-order valence-corrected chi connectivity index (χ2v) is 6.77. The zero-order chi connectivity index (χ0) is 21.8. The number of halogens is 1. The third-order valence-electron chi connectivity index (χ3n) is 4.78. The molecular formula is C20H19FN6O4. The number of benzene rings is 2. The number of nitrogens with one attached hydrogen (secondary N) is 2. The standard InChI is InChI=1S/C20H19FN6O4/c21-15-3-1-2-4-16(15)23-19-25-24-18(31-19)17(28)22-13-5-7-14(8-6-13)26-9-11-27(12-10-26)20(29)30/h1-8H,9-12H2,(H,22,28)(H,23,25)(H,29,30). The maximum atomic E-state index is 13.7. The second-order valence-electron chi connectivity index (χ2n) is 6.77. The summed E-state index contributed by atoms with van der Waals surface area (Å²) < 4.78 is 18.9. The number of para-hydroxylation sites is 1. The van der Waals surface area contributed by atoms with Crippen LogP contribution in [0.1, 0.15) is 10.7 Å².